The second-order valence-electron chi connectivity index (χ2n) is 5.15. The van der Waals surface area contributed by atoms with Crippen molar-refractivity contribution < 1.29 is 14.8 Å². The van der Waals surface area contributed by atoms with Gasteiger partial charge in [0.15, 0.2) is 0 Å². The van der Waals surface area contributed by atoms with Crippen molar-refractivity contribution in [2.24, 2.45) is 5.92 Å². The molecule has 1 aliphatic carbocycles. The quantitative estimate of drug-likeness (QED) is 0.495. The van der Waals surface area contributed by atoms with Gasteiger partial charge in [0.2, 0.25) is 5.91 Å². The number of anilines is 1. The summed E-state index contributed by atoms with van der Waals surface area (Å²) in [5, 5.41) is 25.5. The zero-order chi connectivity index (χ0) is 15.2. The van der Waals surface area contributed by atoms with Gasteiger partial charge in [-0.05, 0) is 31.2 Å². The number of nitrogens with zero attached hydrogens (tertiary/aromatic N) is 1. The van der Waals surface area contributed by atoms with E-state index in [0.29, 0.717) is 18.0 Å². The van der Waals surface area contributed by atoms with Crippen molar-refractivity contribution in [2.45, 2.75) is 25.3 Å². The van der Waals surface area contributed by atoms with Gasteiger partial charge >= 0.3 is 0 Å². The summed E-state index contributed by atoms with van der Waals surface area (Å²) in [4.78, 5) is 22.3. The molecule has 0 bridgehead atoms. The summed E-state index contributed by atoms with van der Waals surface area (Å²) in [6.07, 6.45) is 2.69. The van der Waals surface area contributed by atoms with Gasteiger partial charge in [-0.3, -0.25) is 14.9 Å². The van der Waals surface area contributed by atoms with E-state index in [4.69, 9.17) is 5.11 Å². The maximum Gasteiger partial charge on any atom is 0.292 e. The smallest absolute Gasteiger partial charge is 0.292 e. The molecule has 114 valence electrons. The van der Waals surface area contributed by atoms with E-state index >= 15 is 0 Å². The third-order valence-corrected chi connectivity index (χ3v) is 3.52. The van der Waals surface area contributed by atoms with Crippen molar-refractivity contribution in [1.82, 2.24) is 5.32 Å². The van der Waals surface area contributed by atoms with Gasteiger partial charge in [0, 0.05) is 18.7 Å². The monoisotopic (exact) mass is 293 g/mol. The lowest BCUT2D eigenvalue weighted by atomic mass is 10.1. The van der Waals surface area contributed by atoms with E-state index in [-0.39, 0.29) is 30.8 Å². The zero-order valence-corrected chi connectivity index (χ0v) is 11.6. The standard InChI is InChI=1S/C14H19N3O4/c18-8-7-11(10-5-6-10)16-14(19)9-15-12-3-1-2-4-13(12)17(20)21/h1-4,10-11,15,18H,5-9H2,(H,16,19). The lowest BCUT2D eigenvalue weighted by molar-refractivity contribution is -0.383. The van der Waals surface area contributed by atoms with Crippen molar-refractivity contribution >= 4 is 17.3 Å². The molecule has 0 heterocycles. The summed E-state index contributed by atoms with van der Waals surface area (Å²) in [5.41, 5.74) is 0.266. The van der Waals surface area contributed by atoms with Crippen molar-refractivity contribution in [3.05, 3.63) is 34.4 Å². The van der Waals surface area contributed by atoms with Crippen LogP contribution >= 0.6 is 0 Å². The maximum absolute atomic E-state index is 11.9. The minimum absolute atomic E-state index is 0.00457. The molecule has 1 fully saturated rings. The number of aliphatic hydroxyl groups excluding tert-OH is 1. The van der Waals surface area contributed by atoms with Crippen molar-refractivity contribution in [3.63, 3.8) is 0 Å². The SMILES string of the molecule is O=C(CNc1ccccc1[N+](=O)[O-])NC(CCO)C1CC1. The predicted molar refractivity (Wildman–Crippen MR) is 77.9 cm³/mol. The molecule has 1 aliphatic rings. The van der Waals surface area contributed by atoms with Gasteiger partial charge in [0.1, 0.15) is 5.69 Å². The van der Waals surface area contributed by atoms with Gasteiger partial charge in [0.05, 0.1) is 11.5 Å². The Hall–Kier alpha value is -2.15. The molecule has 0 radical (unpaired) electrons. The molecular weight excluding hydrogens is 274 g/mol. The maximum atomic E-state index is 11.9. The first-order valence-electron chi connectivity index (χ1n) is 6.99. The number of nitrogens with one attached hydrogen (secondary N) is 2. The number of carbonyl (C=O) groups excluding carboxylic acids is 1. The van der Waals surface area contributed by atoms with E-state index in [1.165, 1.54) is 6.07 Å². The highest BCUT2D eigenvalue weighted by molar-refractivity contribution is 5.82. The van der Waals surface area contributed by atoms with Crippen LogP contribution in [-0.2, 0) is 4.79 Å². The van der Waals surface area contributed by atoms with E-state index < -0.39 is 4.92 Å². The average Bonchev–Trinajstić information content (AvgIpc) is 3.29. The fraction of sp³-hybridized carbons (Fsp3) is 0.500. The Morgan fingerprint density at radius 1 is 1.43 bits per heavy atom. The summed E-state index contributed by atoms with van der Waals surface area (Å²) in [7, 11) is 0. The van der Waals surface area contributed by atoms with Crippen LogP contribution in [-0.4, -0.2) is 35.1 Å². The first-order valence-corrected chi connectivity index (χ1v) is 6.99. The molecule has 1 saturated carbocycles. The van der Waals surface area contributed by atoms with Crippen LogP contribution < -0.4 is 10.6 Å². The molecule has 0 spiro atoms. The summed E-state index contributed by atoms with van der Waals surface area (Å²) < 4.78 is 0. The fourth-order valence-electron chi connectivity index (χ4n) is 2.28. The largest absolute Gasteiger partial charge is 0.396 e. The van der Waals surface area contributed by atoms with E-state index in [1.54, 1.807) is 18.2 Å². The molecule has 7 nitrogen and oxygen atoms in total. The van der Waals surface area contributed by atoms with E-state index in [9.17, 15) is 14.9 Å². The highest BCUT2D eigenvalue weighted by atomic mass is 16.6. The van der Waals surface area contributed by atoms with Crippen LogP contribution in [0.4, 0.5) is 11.4 Å². The molecule has 1 aromatic rings. The van der Waals surface area contributed by atoms with Gasteiger partial charge in [-0.1, -0.05) is 12.1 Å². The van der Waals surface area contributed by atoms with Crippen LogP contribution in [0.1, 0.15) is 19.3 Å². The number of hydrogen-bond acceptors (Lipinski definition) is 5. The number of benzene rings is 1. The number of para-hydroxylation sites is 2. The molecule has 1 atom stereocenters. The number of carbonyl (C=O) groups is 1. The van der Waals surface area contributed by atoms with Crippen LogP contribution in [0.3, 0.4) is 0 Å². The number of hydrogen-bond donors (Lipinski definition) is 3. The number of aliphatic hydroxyl groups is 1. The molecular formula is C14H19N3O4. The first kappa shape index (κ1) is 15.2. The minimum Gasteiger partial charge on any atom is -0.396 e. The lowest BCUT2D eigenvalue weighted by Crippen LogP contribution is -2.40. The van der Waals surface area contributed by atoms with Crippen LogP contribution in [0.25, 0.3) is 0 Å². The Morgan fingerprint density at radius 3 is 2.76 bits per heavy atom. The van der Waals surface area contributed by atoms with Gasteiger partial charge in [-0.2, -0.15) is 0 Å². The number of nitro benzene ring substituents is 1. The fourth-order valence-corrected chi connectivity index (χ4v) is 2.28. The Balaban J connectivity index is 1.87. The molecule has 7 heteroatoms. The Labute approximate surface area is 122 Å². The molecule has 0 aromatic heterocycles. The van der Waals surface area contributed by atoms with Gasteiger partial charge in [-0.15, -0.1) is 0 Å². The third-order valence-electron chi connectivity index (χ3n) is 3.52. The van der Waals surface area contributed by atoms with E-state index in [1.807, 2.05) is 0 Å². The molecule has 1 amide bonds. The van der Waals surface area contributed by atoms with Crippen LogP contribution in [0.2, 0.25) is 0 Å². The van der Waals surface area contributed by atoms with Crippen LogP contribution in [0, 0.1) is 16.0 Å². The third kappa shape index (κ3) is 4.42. The molecule has 1 unspecified atom stereocenters. The highest BCUT2D eigenvalue weighted by Crippen LogP contribution is 2.33. The van der Waals surface area contributed by atoms with E-state index in [2.05, 4.69) is 10.6 Å². The lowest BCUT2D eigenvalue weighted by Gasteiger charge is -2.17. The summed E-state index contributed by atoms with van der Waals surface area (Å²) in [6, 6.07) is 6.20. The molecule has 3 N–H and O–H groups in total. The molecule has 0 saturated heterocycles. The van der Waals surface area contributed by atoms with Gasteiger partial charge in [-0.25, -0.2) is 0 Å². The first-order chi connectivity index (χ1) is 10.1. The minimum atomic E-state index is -0.487. The average molecular weight is 293 g/mol. The molecule has 2 rings (SSSR count). The van der Waals surface area contributed by atoms with Crippen molar-refractivity contribution in [2.75, 3.05) is 18.5 Å². The Morgan fingerprint density at radius 2 is 2.14 bits per heavy atom. The van der Waals surface area contributed by atoms with E-state index in [0.717, 1.165) is 12.8 Å². The topological polar surface area (TPSA) is 104 Å². The van der Waals surface area contributed by atoms with Crippen molar-refractivity contribution in [3.8, 4) is 0 Å². The zero-order valence-electron chi connectivity index (χ0n) is 11.6. The van der Waals surface area contributed by atoms with Crippen LogP contribution in [0.15, 0.2) is 24.3 Å². The number of nitro groups is 1. The molecule has 1 aromatic carbocycles. The number of rotatable bonds is 8. The second kappa shape index (κ2) is 7.03. The number of amides is 1. The molecule has 0 aliphatic heterocycles. The Bertz CT molecular complexity index is 517. The summed E-state index contributed by atoms with van der Waals surface area (Å²) in [6.45, 7) is 0.0124. The predicted octanol–water partition coefficient (Wildman–Crippen LogP) is 1.28. The second-order valence-corrected chi connectivity index (χ2v) is 5.15. The molecule has 21 heavy (non-hydrogen) atoms. The summed E-state index contributed by atoms with van der Waals surface area (Å²) >= 11 is 0. The van der Waals surface area contributed by atoms with Crippen LogP contribution in [0.5, 0.6) is 0 Å². The van der Waals surface area contributed by atoms with Crippen molar-refractivity contribution in [1.29, 1.82) is 0 Å². The summed E-state index contributed by atoms with van der Waals surface area (Å²) in [5.74, 6) is 0.227. The highest BCUT2D eigenvalue weighted by Gasteiger charge is 2.31. The Kier molecular flexibility index (Phi) is 5.10. The normalized spacial score (nSPS) is 15.3. The van der Waals surface area contributed by atoms with Gasteiger partial charge in [0.25, 0.3) is 5.69 Å². The van der Waals surface area contributed by atoms with Gasteiger partial charge < -0.3 is 15.7 Å².